The first kappa shape index (κ1) is 15.8. The van der Waals surface area contributed by atoms with Gasteiger partial charge in [-0.15, -0.1) is 0 Å². The Hall–Kier alpha value is -3.75. The minimum Gasteiger partial charge on any atom is -0.497 e. The number of hydrogen-bond acceptors (Lipinski definition) is 8. The van der Waals surface area contributed by atoms with E-state index in [0.717, 1.165) is 11.3 Å². The van der Waals surface area contributed by atoms with Gasteiger partial charge in [0, 0.05) is 25.0 Å². The molecule has 130 valence electrons. The molecular weight excluding hydrogens is 332 g/mol. The summed E-state index contributed by atoms with van der Waals surface area (Å²) in [6.45, 7) is 0. The van der Waals surface area contributed by atoms with Gasteiger partial charge in [0.05, 0.1) is 7.11 Å². The van der Waals surface area contributed by atoms with Gasteiger partial charge in [-0.2, -0.15) is 9.97 Å². The van der Waals surface area contributed by atoms with Crippen molar-refractivity contribution in [2.75, 3.05) is 18.6 Å². The van der Waals surface area contributed by atoms with Gasteiger partial charge in [-0.05, 0) is 24.3 Å². The number of anilines is 2. The van der Waals surface area contributed by atoms with E-state index in [9.17, 15) is 0 Å². The van der Waals surface area contributed by atoms with Gasteiger partial charge < -0.3 is 20.8 Å². The van der Waals surface area contributed by atoms with Crippen LogP contribution in [0.3, 0.4) is 0 Å². The summed E-state index contributed by atoms with van der Waals surface area (Å²) in [7, 11) is 3.50. The number of aromatic nitrogens is 6. The Morgan fingerprint density at radius 2 is 1.73 bits per heavy atom. The third kappa shape index (κ3) is 2.55. The quantitative estimate of drug-likeness (QED) is 0.571. The molecule has 9 heteroatoms. The second kappa shape index (κ2) is 5.96. The van der Waals surface area contributed by atoms with Crippen molar-refractivity contribution in [1.29, 1.82) is 0 Å². The zero-order chi connectivity index (χ0) is 18.3. The Labute approximate surface area is 148 Å². The van der Waals surface area contributed by atoms with Crippen LogP contribution in [0, 0.1) is 0 Å². The Balaban J connectivity index is 2.03. The summed E-state index contributed by atoms with van der Waals surface area (Å²) in [5.74, 6) is 1.63. The van der Waals surface area contributed by atoms with Gasteiger partial charge in [-0.1, -0.05) is 0 Å². The van der Waals surface area contributed by atoms with Crippen molar-refractivity contribution in [3.63, 3.8) is 0 Å². The number of benzene rings is 1. The first-order valence-electron chi connectivity index (χ1n) is 7.79. The van der Waals surface area contributed by atoms with Gasteiger partial charge in [0.2, 0.25) is 5.95 Å². The van der Waals surface area contributed by atoms with Crippen molar-refractivity contribution in [2.24, 2.45) is 7.05 Å². The molecule has 0 amide bonds. The fraction of sp³-hybridized carbons (Fsp3) is 0.118. The maximum Gasteiger partial charge on any atom is 0.224 e. The lowest BCUT2D eigenvalue weighted by molar-refractivity contribution is 0.415. The van der Waals surface area contributed by atoms with Crippen molar-refractivity contribution in [3.05, 3.63) is 36.7 Å². The van der Waals surface area contributed by atoms with E-state index < -0.39 is 0 Å². The van der Waals surface area contributed by atoms with E-state index in [0.29, 0.717) is 28.4 Å². The third-order valence-electron chi connectivity index (χ3n) is 3.97. The average molecular weight is 348 g/mol. The third-order valence-corrected chi connectivity index (χ3v) is 3.97. The van der Waals surface area contributed by atoms with Crippen LogP contribution in [-0.4, -0.2) is 36.6 Å². The summed E-state index contributed by atoms with van der Waals surface area (Å²) in [6.07, 6.45) is 3.53. The predicted molar refractivity (Wildman–Crippen MR) is 98.1 cm³/mol. The molecule has 4 rings (SSSR count). The highest BCUT2D eigenvalue weighted by Crippen LogP contribution is 2.31. The van der Waals surface area contributed by atoms with Crippen molar-refractivity contribution < 1.29 is 4.74 Å². The monoisotopic (exact) mass is 348 g/mol. The molecule has 9 nitrogen and oxygen atoms in total. The first-order valence-corrected chi connectivity index (χ1v) is 7.79. The Morgan fingerprint density at radius 1 is 0.962 bits per heavy atom. The van der Waals surface area contributed by atoms with Gasteiger partial charge in [0.25, 0.3) is 0 Å². The molecule has 0 unspecified atom stereocenters. The van der Waals surface area contributed by atoms with E-state index in [1.54, 1.807) is 13.3 Å². The molecule has 3 aromatic heterocycles. The SMILES string of the molecule is COc1ccc(-c2nc3c(N)nc(N)nc3nc2-c2nccn2C)cc1. The van der Waals surface area contributed by atoms with Crippen LogP contribution in [-0.2, 0) is 7.05 Å². The summed E-state index contributed by atoms with van der Waals surface area (Å²) in [6, 6.07) is 7.50. The summed E-state index contributed by atoms with van der Waals surface area (Å²) in [5.41, 5.74) is 14.4. The fourth-order valence-corrected chi connectivity index (χ4v) is 2.69. The lowest BCUT2D eigenvalue weighted by Gasteiger charge is -2.11. The maximum atomic E-state index is 5.97. The van der Waals surface area contributed by atoms with Gasteiger partial charge in [0.1, 0.15) is 17.1 Å². The highest BCUT2D eigenvalue weighted by molar-refractivity contribution is 5.88. The highest BCUT2D eigenvalue weighted by Gasteiger charge is 2.19. The van der Waals surface area contributed by atoms with E-state index in [4.69, 9.17) is 16.2 Å². The van der Waals surface area contributed by atoms with Crippen LogP contribution in [0.5, 0.6) is 5.75 Å². The number of nitrogens with zero attached hydrogens (tertiary/aromatic N) is 6. The van der Waals surface area contributed by atoms with Crippen LogP contribution in [0.15, 0.2) is 36.7 Å². The highest BCUT2D eigenvalue weighted by atomic mass is 16.5. The molecule has 0 spiro atoms. The van der Waals surface area contributed by atoms with Gasteiger partial charge in [-0.25, -0.2) is 15.0 Å². The Kier molecular flexibility index (Phi) is 3.61. The smallest absolute Gasteiger partial charge is 0.224 e. The molecule has 4 aromatic rings. The molecular formula is C17H16N8O. The van der Waals surface area contributed by atoms with Crippen LogP contribution in [0.4, 0.5) is 11.8 Å². The minimum absolute atomic E-state index is 0.0484. The lowest BCUT2D eigenvalue weighted by atomic mass is 10.1. The summed E-state index contributed by atoms with van der Waals surface area (Å²) in [4.78, 5) is 21.8. The normalized spacial score (nSPS) is 11.0. The molecule has 0 saturated heterocycles. The molecule has 26 heavy (non-hydrogen) atoms. The van der Waals surface area contributed by atoms with Crippen molar-refractivity contribution >= 4 is 22.9 Å². The average Bonchev–Trinajstić information content (AvgIpc) is 3.06. The molecule has 0 saturated carbocycles. The van der Waals surface area contributed by atoms with Crippen molar-refractivity contribution in [1.82, 2.24) is 29.5 Å². The molecule has 1 aromatic carbocycles. The van der Waals surface area contributed by atoms with Crippen LogP contribution in [0.25, 0.3) is 33.9 Å². The molecule has 4 N–H and O–H groups in total. The van der Waals surface area contributed by atoms with Gasteiger partial charge in [-0.3, -0.25) is 0 Å². The first-order chi connectivity index (χ1) is 12.6. The summed E-state index contributed by atoms with van der Waals surface area (Å²) in [5, 5.41) is 0. The Bertz CT molecular complexity index is 1100. The lowest BCUT2D eigenvalue weighted by Crippen LogP contribution is -2.06. The Morgan fingerprint density at radius 3 is 2.38 bits per heavy atom. The second-order valence-electron chi connectivity index (χ2n) is 5.65. The number of imidazole rings is 1. The number of rotatable bonds is 3. The molecule has 0 bridgehead atoms. The van der Waals surface area contributed by atoms with E-state index in [1.165, 1.54) is 0 Å². The largest absolute Gasteiger partial charge is 0.497 e. The minimum atomic E-state index is 0.0484. The van der Waals surface area contributed by atoms with Crippen molar-refractivity contribution in [2.45, 2.75) is 0 Å². The molecule has 3 heterocycles. The van der Waals surface area contributed by atoms with Crippen LogP contribution >= 0.6 is 0 Å². The van der Waals surface area contributed by atoms with Crippen LogP contribution in [0.2, 0.25) is 0 Å². The number of hydrogen-bond donors (Lipinski definition) is 2. The van der Waals surface area contributed by atoms with E-state index >= 15 is 0 Å². The number of ether oxygens (including phenoxy) is 1. The van der Waals surface area contributed by atoms with Crippen molar-refractivity contribution in [3.8, 4) is 28.5 Å². The molecule has 0 aliphatic heterocycles. The van der Waals surface area contributed by atoms with E-state index in [-0.39, 0.29) is 11.8 Å². The zero-order valence-electron chi connectivity index (χ0n) is 14.2. The molecule has 0 aliphatic carbocycles. The maximum absolute atomic E-state index is 5.97. The zero-order valence-corrected chi connectivity index (χ0v) is 14.2. The predicted octanol–water partition coefficient (Wildman–Crippen LogP) is 1.66. The standard InChI is InChI=1S/C17H16N8O/c1-25-8-7-20-16(25)12-11(9-3-5-10(26-2)6-4-9)21-13-14(18)23-17(19)24-15(13)22-12/h3-8H,1-2H3,(H4,18,19,22,23,24). The summed E-state index contributed by atoms with van der Waals surface area (Å²) >= 11 is 0. The topological polar surface area (TPSA) is 131 Å². The van der Waals surface area contributed by atoms with E-state index in [2.05, 4.69) is 24.9 Å². The number of aryl methyl sites for hydroxylation is 1. The fourth-order valence-electron chi connectivity index (χ4n) is 2.69. The molecule has 0 aliphatic rings. The molecule has 0 radical (unpaired) electrons. The number of methoxy groups -OCH3 is 1. The number of nitrogen functional groups attached to an aromatic ring is 2. The number of fused-ring (bicyclic) bond motifs is 1. The van der Waals surface area contributed by atoms with Crippen LogP contribution in [0.1, 0.15) is 0 Å². The van der Waals surface area contributed by atoms with Gasteiger partial charge >= 0.3 is 0 Å². The molecule has 0 fully saturated rings. The molecule has 0 atom stereocenters. The summed E-state index contributed by atoms with van der Waals surface area (Å²) < 4.78 is 7.08. The van der Waals surface area contributed by atoms with Gasteiger partial charge in [0.15, 0.2) is 22.8 Å². The van der Waals surface area contributed by atoms with E-state index in [1.807, 2.05) is 42.1 Å². The second-order valence-corrected chi connectivity index (χ2v) is 5.65. The number of nitrogens with two attached hydrogens (primary N) is 2. The van der Waals surface area contributed by atoms with Crippen LogP contribution < -0.4 is 16.2 Å².